The summed E-state index contributed by atoms with van der Waals surface area (Å²) in [5, 5.41) is 3.47. The fourth-order valence-corrected chi connectivity index (χ4v) is 3.47. The lowest BCUT2D eigenvalue weighted by Crippen LogP contribution is -2.50. The average Bonchev–Trinajstić information content (AvgIpc) is 3.05. The predicted octanol–water partition coefficient (Wildman–Crippen LogP) is 1.94. The Labute approximate surface area is 139 Å². The summed E-state index contributed by atoms with van der Waals surface area (Å²) >= 11 is 5.77. The van der Waals surface area contributed by atoms with Crippen molar-refractivity contribution < 1.29 is 13.6 Å². The Kier molecular flexibility index (Phi) is 4.85. The number of hydrogen-bond donors (Lipinski definition) is 1. The first kappa shape index (κ1) is 16.6. The molecular weight excluding hydrogens is 324 g/mol. The third-order valence-corrected chi connectivity index (χ3v) is 4.81. The maximum Gasteiger partial charge on any atom is 0.350 e. The summed E-state index contributed by atoms with van der Waals surface area (Å²) in [6.07, 6.45) is 0.747. The van der Waals surface area contributed by atoms with Gasteiger partial charge in [-0.05, 0) is 18.6 Å². The van der Waals surface area contributed by atoms with E-state index in [2.05, 4.69) is 10.2 Å². The van der Waals surface area contributed by atoms with Gasteiger partial charge in [-0.25, -0.2) is 0 Å². The lowest BCUT2D eigenvalue weighted by molar-refractivity contribution is -0.158. The Morgan fingerprint density at radius 3 is 2.70 bits per heavy atom. The van der Waals surface area contributed by atoms with E-state index in [9.17, 15) is 13.6 Å². The highest BCUT2D eigenvalue weighted by Gasteiger charge is 2.46. The molecule has 1 aromatic rings. The average molecular weight is 344 g/mol. The van der Waals surface area contributed by atoms with Gasteiger partial charge in [-0.3, -0.25) is 9.69 Å². The number of nitrogens with zero attached hydrogens (tertiary/aromatic N) is 2. The van der Waals surface area contributed by atoms with Crippen LogP contribution in [0.2, 0.25) is 5.02 Å². The summed E-state index contributed by atoms with van der Waals surface area (Å²) in [7, 11) is 0. The maximum absolute atomic E-state index is 14.5. The number of likely N-dealkylation sites (tertiary alicyclic amines) is 1. The molecule has 2 fully saturated rings. The number of hydrogen-bond acceptors (Lipinski definition) is 3. The van der Waals surface area contributed by atoms with Crippen LogP contribution >= 0.6 is 11.6 Å². The number of carbonyl (C=O) groups excluding carboxylic acids is 1. The maximum atomic E-state index is 14.5. The molecule has 23 heavy (non-hydrogen) atoms. The quantitative estimate of drug-likeness (QED) is 0.911. The summed E-state index contributed by atoms with van der Waals surface area (Å²) in [5.41, 5.74) is -0.347. The molecule has 2 heterocycles. The van der Waals surface area contributed by atoms with Crippen LogP contribution in [0.4, 0.5) is 8.78 Å². The summed E-state index contributed by atoms with van der Waals surface area (Å²) in [6, 6.07) is 5.53. The van der Waals surface area contributed by atoms with Gasteiger partial charge < -0.3 is 10.2 Å². The largest absolute Gasteiger partial charge is 0.350 e. The van der Waals surface area contributed by atoms with E-state index < -0.39 is 11.8 Å². The molecule has 0 aliphatic carbocycles. The first-order valence-corrected chi connectivity index (χ1v) is 8.24. The van der Waals surface area contributed by atoms with E-state index in [1.807, 2.05) is 0 Å². The summed E-state index contributed by atoms with van der Waals surface area (Å²) in [6.45, 7) is 4.36. The molecule has 7 heteroatoms. The molecule has 2 aliphatic rings. The number of halogens is 3. The Morgan fingerprint density at radius 2 is 2.00 bits per heavy atom. The van der Waals surface area contributed by atoms with E-state index in [4.69, 9.17) is 11.6 Å². The van der Waals surface area contributed by atoms with Crippen molar-refractivity contribution >= 4 is 17.5 Å². The minimum Gasteiger partial charge on any atom is -0.336 e. The van der Waals surface area contributed by atoms with Crippen LogP contribution in [-0.4, -0.2) is 61.0 Å². The molecule has 3 rings (SSSR count). The fraction of sp³-hybridized carbons (Fsp3) is 0.562. The third-order valence-electron chi connectivity index (χ3n) is 4.57. The van der Waals surface area contributed by atoms with Gasteiger partial charge >= 0.3 is 5.92 Å². The molecule has 2 aliphatic heterocycles. The van der Waals surface area contributed by atoms with E-state index in [0.29, 0.717) is 13.1 Å². The van der Waals surface area contributed by atoms with Crippen LogP contribution in [0.15, 0.2) is 24.3 Å². The lowest BCUT2D eigenvalue weighted by atomic mass is 10.1. The van der Waals surface area contributed by atoms with Crippen LogP contribution < -0.4 is 5.32 Å². The number of nitrogens with one attached hydrogen (secondary N) is 1. The molecule has 2 saturated heterocycles. The van der Waals surface area contributed by atoms with Crippen LogP contribution in [0.5, 0.6) is 0 Å². The zero-order chi connectivity index (χ0) is 16.4. The molecule has 0 saturated carbocycles. The molecule has 0 bridgehead atoms. The monoisotopic (exact) mass is 343 g/mol. The fourth-order valence-electron chi connectivity index (χ4n) is 3.28. The smallest absolute Gasteiger partial charge is 0.336 e. The van der Waals surface area contributed by atoms with Crippen LogP contribution in [0.3, 0.4) is 0 Å². The van der Waals surface area contributed by atoms with Crippen LogP contribution in [0, 0.1) is 0 Å². The highest BCUT2D eigenvalue weighted by Crippen LogP contribution is 2.33. The highest BCUT2D eigenvalue weighted by atomic mass is 35.5. The first-order valence-electron chi connectivity index (χ1n) is 7.86. The second-order valence-electron chi connectivity index (χ2n) is 6.06. The van der Waals surface area contributed by atoms with Gasteiger partial charge in [-0.15, -0.1) is 0 Å². The second kappa shape index (κ2) is 6.71. The molecular formula is C16H20ClF2N3O. The number of rotatable bonds is 3. The van der Waals surface area contributed by atoms with Crippen molar-refractivity contribution in [2.24, 2.45) is 0 Å². The van der Waals surface area contributed by atoms with Gasteiger partial charge in [0.1, 0.15) is 0 Å². The molecule has 1 aromatic carbocycles. The number of benzene rings is 1. The lowest BCUT2D eigenvalue weighted by Gasteiger charge is -2.32. The minimum atomic E-state index is -3.54. The molecule has 126 valence electrons. The van der Waals surface area contributed by atoms with Gasteiger partial charge in [-0.2, -0.15) is 8.78 Å². The number of carbonyl (C=O) groups is 1. The standard InChI is InChI=1S/C16H20ClF2N3O/c17-13-3-1-2-12(10-13)16(18,19)15(23)22-7-4-14(11-22)21-8-5-20-6-9-21/h1-3,10,14,20H,4-9,11H2. The van der Waals surface area contributed by atoms with Crippen LogP contribution in [0.1, 0.15) is 12.0 Å². The highest BCUT2D eigenvalue weighted by molar-refractivity contribution is 6.30. The number of piperazine rings is 1. The Morgan fingerprint density at radius 1 is 1.26 bits per heavy atom. The predicted molar refractivity (Wildman–Crippen MR) is 84.8 cm³/mol. The Bertz CT molecular complexity index is 578. The topological polar surface area (TPSA) is 35.6 Å². The van der Waals surface area contributed by atoms with E-state index in [-0.39, 0.29) is 16.6 Å². The molecule has 0 spiro atoms. The zero-order valence-electron chi connectivity index (χ0n) is 12.8. The van der Waals surface area contributed by atoms with Crippen molar-refractivity contribution in [1.29, 1.82) is 0 Å². The van der Waals surface area contributed by atoms with E-state index in [1.54, 1.807) is 0 Å². The van der Waals surface area contributed by atoms with Crippen molar-refractivity contribution in [3.63, 3.8) is 0 Å². The van der Waals surface area contributed by atoms with Crippen LogP contribution in [-0.2, 0) is 10.7 Å². The van der Waals surface area contributed by atoms with Gasteiger partial charge in [0.05, 0.1) is 0 Å². The van der Waals surface area contributed by atoms with Gasteiger partial charge in [0.15, 0.2) is 0 Å². The van der Waals surface area contributed by atoms with Crippen molar-refractivity contribution in [2.75, 3.05) is 39.3 Å². The summed E-state index contributed by atoms with van der Waals surface area (Å²) in [5.74, 6) is -4.67. The molecule has 1 atom stereocenters. The Balaban J connectivity index is 1.68. The third kappa shape index (κ3) is 3.49. The summed E-state index contributed by atoms with van der Waals surface area (Å²) in [4.78, 5) is 15.9. The molecule has 0 radical (unpaired) electrons. The molecule has 0 aromatic heterocycles. The molecule has 1 unspecified atom stereocenters. The van der Waals surface area contributed by atoms with E-state index in [1.165, 1.54) is 23.1 Å². The van der Waals surface area contributed by atoms with Crippen LogP contribution in [0.25, 0.3) is 0 Å². The van der Waals surface area contributed by atoms with Crippen molar-refractivity contribution in [1.82, 2.24) is 15.1 Å². The van der Waals surface area contributed by atoms with Crippen molar-refractivity contribution in [2.45, 2.75) is 18.4 Å². The van der Waals surface area contributed by atoms with E-state index in [0.717, 1.165) is 38.7 Å². The zero-order valence-corrected chi connectivity index (χ0v) is 13.5. The SMILES string of the molecule is O=C(N1CCC(N2CCNCC2)C1)C(F)(F)c1cccc(Cl)c1. The molecule has 1 amide bonds. The molecule has 1 N–H and O–H groups in total. The minimum absolute atomic E-state index is 0.177. The molecule has 4 nitrogen and oxygen atoms in total. The van der Waals surface area contributed by atoms with Gasteiger partial charge in [-0.1, -0.05) is 23.7 Å². The van der Waals surface area contributed by atoms with Crippen molar-refractivity contribution in [3.05, 3.63) is 34.9 Å². The van der Waals surface area contributed by atoms with Gasteiger partial charge in [0, 0.05) is 55.9 Å². The number of amides is 1. The summed E-state index contributed by atoms with van der Waals surface area (Å²) < 4.78 is 29.0. The van der Waals surface area contributed by atoms with Gasteiger partial charge in [0.2, 0.25) is 0 Å². The second-order valence-corrected chi connectivity index (χ2v) is 6.50. The van der Waals surface area contributed by atoms with Crippen molar-refractivity contribution in [3.8, 4) is 0 Å². The Hall–Kier alpha value is -1.24. The van der Waals surface area contributed by atoms with Gasteiger partial charge in [0.25, 0.3) is 5.91 Å². The normalized spacial score (nSPS) is 23.3. The number of alkyl halides is 2. The van der Waals surface area contributed by atoms with E-state index >= 15 is 0 Å². The first-order chi connectivity index (χ1) is 11.0.